The van der Waals surface area contributed by atoms with Gasteiger partial charge in [0.05, 0.1) is 16.8 Å². The van der Waals surface area contributed by atoms with Gasteiger partial charge >= 0.3 is 12.2 Å². The van der Waals surface area contributed by atoms with E-state index in [0.717, 1.165) is 27.1 Å². The van der Waals surface area contributed by atoms with Crippen LogP contribution in [0, 0.1) is 5.82 Å². The molecule has 0 radical (unpaired) electrons. The van der Waals surface area contributed by atoms with Gasteiger partial charge in [0.15, 0.2) is 0 Å². The molecule has 1 aliphatic heterocycles. The molecule has 0 atom stereocenters. The molecule has 0 saturated heterocycles. The summed E-state index contributed by atoms with van der Waals surface area (Å²) in [6.45, 7) is 0. The second-order valence-corrected chi connectivity index (χ2v) is 9.43. The summed E-state index contributed by atoms with van der Waals surface area (Å²) in [5, 5.41) is 7.62. The summed E-state index contributed by atoms with van der Waals surface area (Å²) >= 11 is 1.39. The summed E-state index contributed by atoms with van der Waals surface area (Å²) in [4.78, 5) is 29.5. The number of hydrogen-bond acceptors (Lipinski definition) is 3. The maximum Gasteiger partial charge on any atom is 0.416 e. The highest BCUT2D eigenvalue weighted by Gasteiger charge is 2.31. The number of urea groups is 1. The summed E-state index contributed by atoms with van der Waals surface area (Å²) in [7, 11) is 0. The Balaban J connectivity index is 1.27. The maximum atomic E-state index is 13.6. The monoisotopic (exact) mass is 538 g/mol. The molecule has 0 aliphatic carbocycles. The van der Waals surface area contributed by atoms with E-state index in [9.17, 15) is 27.2 Å². The Morgan fingerprint density at radius 3 is 2.45 bits per heavy atom. The number of rotatable bonds is 5. The van der Waals surface area contributed by atoms with Crippen molar-refractivity contribution in [2.45, 2.75) is 16.0 Å². The molecule has 3 aromatic carbocycles. The van der Waals surface area contributed by atoms with Crippen LogP contribution in [0.4, 0.5) is 39.4 Å². The van der Waals surface area contributed by atoms with Crippen molar-refractivity contribution in [3.05, 3.63) is 102 Å². The molecule has 1 aromatic heterocycles. The summed E-state index contributed by atoms with van der Waals surface area (Å²) in [6, 6.07) is 17.1. The number of halogens is 4. The zero-order valence-electron chi connectivity index (χ0n) is 19.3. The Hall–Kier alpha value is -4.51. The molecular formula is C27H18F4N4O2S. The van der Waals surface area contributed by atoms with E-state index in [1.165, 1.54) is 11.8 Å². The number of carbonyl (C=O) groups is 2. The van der Waals surface area contributed by atoms with Crippen LogP contribution in [-0.2, 0) is 11.0 Å². The summed E-state index contributed by atoms with van der Waals surface area (Å²) in [6.07, 6.45) is -1.19. The van der Waals surface area contributed by atoms with Gasteiger partial charge in [0, 0.05) is 38.6 Å². The van der Waals surface area contributed by atoms with Crippen LogP contribution in [0.3, 0.4) is 0 Å². The molecule has 4 N–H and O–H groups in total. The Bertz CT molecular complexity index is 1570. The van der Waals surface area contributed by atoms with Crippen molar-refractivity contribution in [1.29, 1.82) is 0 Å². The smallest absolute Gasteiger partial charge is 0.362 e. The van der Waals surface area contributed by atoms with Crippen LogP contribution in [0.5, 0.6) is 0 Å². The number of alkyl halides is 3. The van der Waals surface area contributed by atoms with Gasteiger partial charge in [-0.1, -0.05) is 23.9 Å². The number of nitrogens with one attached hydrogen (secondary N) is 4. The van der Waals surface area contributed by atoms with Crippen LogP contribution in [-0.4, -0.2) is 16.9 Å². The minimum atomic E-state index is -4.75. The van der Waals surface area contributed by atoms with Gasteiger partial charge in [-0.15, -0.1) is 0 Å². The number of fused-ring (bicyclic) bond motifs is 1. The van der Waals surface area contributed by atoms with E-state index in [1.807, 2.05) is 36.4 Å². The zero-order valence-corrected chi connectivity index (χ0v) is 20.1. The van der Waals surface area contributed by atoms with Gasteiger partial charge in [-0.25, -0.2) is 9.18 Å². The fraction of sp³-hybridized carbons (Fsp3) is 0.0370. The second kappa shape index (κ2) is 10.1. The van der Waals surface area contributed by atoms with Gasteiger partial charge in [0.2, 0.25) is 0 Å². The number of hydrogen-bond donors (Lipinski definition) is 4. The van der Waals surface area contributed by atoms with Gasteiger partial charge in [-0.05, 0) is 66.7 Å². The van der Waals surface area contributed by atoms with Gasteiger partial charge in [-0.3, -0.25) is 4.79 Å². The fourth-order valence-electron chi connectivity index (χ4n) is 3.86. The number of aromatic nitrogens is 1. The van der Waals surface area contributed by atoms with Crippen molar-refractivity contribution in [2.24, 2.45) is 0 Å². The zero-order chi connectivity index (χ0) is 26.9. The van der Waals surface area contributed by atoms with Crippen LogP contribution in [0.2, 0.25) is 0 Å². The number of benzene rings is 3. The van der Waals surface area contributed by atoms with Crippen molar-refractivity contribution in [2.75, 3.05) is 16.0 Å². The van der Waals surface area contributed by atoms with E-state index in [0.29, 0.717) is 29.1 Å². The summed E-state index contributed by atoms with van der Waals surface area (Å²) < 4.78 is 52.4. The molecule has 5 rings (SSSR count). The quantitative estimate of drug-likeness (QED) is 0.157. The average molecular weight is 539 g/mol. The summed E-state index contributed by atoms with van der Waals surface area (Å²) in [5.74, 6) is -1.32. The Labute approximate surface area is 218 Å². The van der Waals surface area contributed by atoms with Crippen LogP contribution < -0.4 is 16.0 Å². The first kappa shape index (κ1) is 25.2. The van der Waals surface area contributed by atoms with Gasteiger partial charge < -0.3 is 20.9 Å². The van der Waals surface area contributed by atoms with E-state index in [2.05, 4.69) is 20.9 Å². The number of anilines is 3. The Kier molecular flexibility index (Phi) is 6.68. The second-order valence-electron chi connectivity index (χ2n) is 8.28. The van der Waals surface area contributed by atoms with Crippen LogP contribution in [0.15, 0.2) is 88.8 Å². The largest absolute Gasteiger partial charge is 0.416 e. The normalized spacial score (nSPS) is 13.8. The Morgan fingerprint density at radius 2 is 1.68 bits per heavy atom. The van der Waals surface area contributed by atoms with Crippen molar-refractivity contribution in [1.82, 2.24) is 4.98 Å². The molecule has 3 amide bonds. The maximum absolute atomic E-state index is 13.6. The van der Waals surface area contributed by atoms with E-state index in [1.54, 1.807) is 30.5 Å². The lowest BCUT2D eigenvalue weighted by atomic mass is 10.1. The van der Waals surface area contributed by atoms with Crippen molar-refractivity contribution in [3.63, 3.8) is 0 Å². The lowest BCUT2D eigenvalue weighted by molar-refractivity contribution is -0.137. The molecule has 11 heteroatoms. The molecule has 38 heavy (non-hydrogen) atoms. The van der Waals surface area contributed by atoms with E-state index >= 15 is 0 Å². The number of carbonyl (C=O) groups excluding carboxylic acids is 2. The highest BCUT2D eigenvalue weighted by Crippen LogP contribution is 2.38. The van der Waals surface area contributed by atoms with Crippen molar-refractivity contribution >= 4 is 52.4 Å². The molecule has 0 unspecified atom stereocenters. The molecule has 192 valence electrons. The molecule has 0 spiro atoms. The first-order valence-corrected chi connectivity index (χ1v) is 12.0. The third-order valence-electron chi connectivity index (χ3n) is 5.51. The Morgan fingerprint density at radius 1 is 0.895 bits per heavy atom. The van der Waals surface area contributed by atoms with Gasteiger partial charge in [-0.2, -0.15) is 13.2 Å². The molecule has 0 bridgehead atoms. The first-order chi connectivity index (χ1) is 18.1. The topological polar surface area (TPSA) is 86.0 Å². The third-order valence-corrected chi connectivity index (χ3v) is 6.49. The molecule has 6 nitrogen and oxygen atoms in total. The number of aromatic amines is 1. The van der Waals surface area contributed by atoms with Gasteiger partial charge in [0.1, 0.15) is 5.82 Å². The van der Waals surface area contributed by atoms with E-state index < -0.39 is 23.6 Å². The highest BCUT2D eigenvalue weighted by molar-refractivity contribution is 7.99. The van der Waals surface area contributed by atoms with Crippen LogP contribution in [0.1, 0.15) is 16.8 Å². The number of H-pyrrole nitrogens is 1. The predicted octanol–water partition coefficient (Wildman–Crippen LogP) is 7.46. The predicted molar refractivity (Wildman–Crippen MR) is 138 cm³/mol. The first-order valence-electron chi connectivity index (χ1n) is 11.2. The molecule has 4 aromatic rings. The molecular weight excluding hydrogens is 520 g/mol. The fourth-order valence-corrected chi connectivity index (χ4v) is 4.78. The van der Waals surface area contributed by atoms with E-state index in [4.69, 9.17) is 0 Å². The van der Waals surface area contributed by atoms with Crippen molar-refractivity contribution in [3.8, 4) is 0 Å². The molecule has 1 aliphatic rings. The minimum Gasteiger partial charge on any atom is -0.362 e. The lowest BCUT2D eigenvalue weighted by Crippen LogP contribution is -2.20. The molecule has 0 saturated carbocycles. The third kappa shape index (κ3) is 5.73. The highest BCUT2D eigenvalue weighted by atomic mass is 32.2. The molecule has 2 heterocycles. The van der Waals surface area contributed by atoms with Crippen molar-refractivity contribution < 1.29 is 27.2 Å². The van der Waals surface area contributed by atoms with Crippen LogP contribution >= 0.6 is 11.8 Å². The summed E-state index contributed by atoms with van der Waals surface area (Å²) in [5.41, 5.74) is 1.68. The molecule has 0 fully saturated rings. The van der Waals surface area contributed by atoms with Crippen LogP contribution in [0.25, 0.3) is 11.6 Å². The number of amides is 3. The SMILES string of the molecule is O=C(Nc1cccc(Sc2ccc3c(c2)NC(=O)/C3=C/c2ccc[nH]2)c1)Nc1cc(F)cc(C(F)(F)F)c1. The lowest BCUT2D eigenvalue weighted by Gasteiger charge is -2.12. The minimum absolute atomic E-state index is 0.199. The van der Waals surface area contributed by atoms with E-state index in [-0.39, 0.29) is 11.6 Å². The van der Waals surface area contributed by atoms with Gasteiger partial charge in [0.25, 0.3) is 5.91 Å². The average Bonchev–Trinajstić information content (AvgIpc) is 3.46. The standard InChI is InChI=1S/C27H18F4N4O2S/c28-16-9-15(27(29,30)31)10-19(11-16)34-26(37)33-18-3-1-5-20(12-18)38-21-6-7-22-23(13-17-4-2-8-32-17)25(36)35-24(22)14-21/h1-14,32H,(H,35,36)(H2,33,34,37)/b23-13+.